The van der Waals surface area contributed by atoms with Crippen LogP contribution in [0.2, 0.25) is 0 Å². The summed E-state index contributed by atoms with van der Waals surface area (Å²) >= 11 is 0. The molecule has 1 aromatic rings. The predicted molar refractivity (Wildman–Crippen MR) is 86.1 cm³/mol. The fraction of sp³-hybridized carbons (Fsp3) is 0.333. The van der Waals surface area contributed by atoms with Crippen LogP contribution in [-0.2, 0) is 0 Å². The molecular weight excluding hydrogens is 232 g/mol. The molecule has 0 aliphatic heterocycles. The van der Waals surface area contributed by atoms with Crippen LogP contribution < -0.4 is 0 Å². The summed E-state index contributed by atoms with van der Waals surface area (Å²) in [4.78, 5) is 0. The summed E-state index contributed by atoms with van der Waals surface area (Å²) in [6.45, 7) is 6.33. The van der Waals surface area contributed by atoms with E-state index < -0.39 is 0 Å². The zero-order valence-electron chi connectivity index (χ0n) is 12.2. The highest BCUT2D eigenvalue weighted by atomic mass is 16.3. The van der Waals surface area contributed by atoms with Gasteiger partial charge >= 0.3 is 0 Å². The second kappa shape index (κ2) is 8.36. The molecule has 0 bridgehead atoms. The summed E-state index contributed by atoms with van der Waals surface area (Å²) in [7, 11) is 0. The number of phenolic OH excluding ortho intramolecular Hbond substituents is 1. The molecule has 1 aromatic carbocycles. The second-order valence-corrected chi connectivity index (χ2v) is 4.43. The van der Waals surface area contributed by atoms with Crippen molar-refractivity contribution in [2.24, 2.45) is 0 Å². The van der Waals surface area contributed by atoms with Crippen molar-refractivity contribution in [3.8, 4) is 5.75 Å². The molecule has 0 spiro atoms. The minimum Gasteiger partial charge on any atom is -0.507 e. The van der Waals surface area contributed by atoms with Crippen molar-refractivity contribution in [1.82, 2.24) is 0 Å². The Bertz CT molecular complexity index is 479. The summed E-state index contributed by atoms with van der Waals surface area (Å²) in [5.41, 5.74) is 3.15. The SMILES string of the molecule is CC/C=C/c1ccc(O)c(/C=C/CC)c1/C=C/CC. The number of hydrogen-bond donors (Lipinski definition) is 1. The quantitative estimate of drug-likeness (QED) is 0.696. The van der Waals surface area contributed by atoms with Crippen molar-refractivity contribution in [3.05, 3.63) is 47.1 Å². The monoisotopic (exact) mass is 256 g/mol. The Balaban J connectivity index is 3.35. The van der Waals surface area contributed by atoms with E-state index in [1.807, 2.05) is 12.1 Å². The van der Waals surface area contributed by atoms with E-state index in [1.165, 1.54) is 0 Å². The highest BCUT2D eigenvalue weighted by Crippen LogP contribution is 2.28. The van der Waals surface area contributed by atoms with E-state index >= 15 is 0 Å². The normalized spacial score (nSPS) is 12.2. The molecule has 0 radical (unpaired) electrons. The number of benzene rings is 1. The van der Waals surface area contributed by atoms with Crippen molar-refractivity contribution in [1.29, 1.82) is 0 Å². The largest absolute Gasteiger partial charge is 0.507 e. The van der Waals surface area contributed by atoms with Crippen molar-refractivity contribution >= 4 is 18.2 Å². The third-order valence-electron chi connectivity index (χ3n) is 2.87. The zero-order valence-corrected chi connectivity index (χ0v) is 12.2. The number of phenols is 1. The Kier molecular flexibility index (Phi) is 6.73. The van der Waals surface area contributed by atoms with Gasteiger partial charge in [-0.25, -0.2) is 0 Å². The average Bonchev–Trinajstić information content (AvgIpc) is 2.42. The Morgan fingerprint density at radius 1 is 0.789 bits per heavy atom. The van der Waals surface area contributed by atoms with E-state index in [1.54, 1.807) is 6.07 Å². The molecule has 0 amide bonds. The maximum Gasteiger partial charge on any atom is 0.123 e. The van der Waals surface area contributed by atoms with E-state index in [0.717, 1.165) is 36.0 Å². The van der Waals surface area contributed by atoms with Gasteiger partial charge in [0.15, 0.2) is 0 Å². The van der Waals surface area contributed by atoms with Crippen molar-refractivity contribution in [3.63, 3.8) is 0 Å². The molecule has 0 atom stereocenters. The molecule has 1 nitrogen and oxygen atoms in total. The van der Waals surface area contributed by atoms with Gasteiger partial charge in [-0.05, 0) is 36.5 Å². The summed E-state index contributed by atoms with van der Waals surface area (Å²) in [6.07, 6.45) is 15.5. The molecule has 0 aromatic heterocycles. The molecule has 1 heteroatoms. The number of rotatable bonds is 6. The van der Waals surface area contributed by atoms with Crippen LogP contribution in [0.4, 0.5) is 0 Å². The van der Waals surface area contributed by atoms with Crippen molar-refractivity contribution in [2.45, 2.75) is 40.0 Å². The van der Waals surface area contributed by atoms with Crippen LogP contribution in [0.25, 0.3) is 18.2 Å². The van der Waals surface area contributed by atoms with Gasteiger partial charge in [0.1, 0.15) is 5.75 Å². The standard InChI is InChI=1S/C18H24O/c1-4-7-10-15-13-14-18(19)17(12-9-6-3)16(15)11-8-5-2/h7-14,19H,4-6H2,1-3H3/b10-7+,11-8+,12-9+. The minimum absolute atomic E-state index is 0.342. The van der Waals surface area contributed by atoms with Gasteiger partial charge in [-0.1, -0.05) is 63.3 Å². The molecule has 102 valence electrons. The molecule has 0 aliphatic rings. The number of allylic oxidation sites excluding steroid dienone is 3. The molecular formula is C18H24O. The maximum absolute atomic E-state index is 10.1. The Morgan fingerprint density at radius 3 is 1.89 bits per heavy atom. The lowest BCUT2D eigenvalue weighted by molar-refractivity contribution is 0.474. The smallest absolute Gasteiger partial charge is 0.123 e. The summed E-state index contributed by atoms with van der Waals surface area (Å²) in [5, 5.41) is 10.1. The topological polar surface area (TPSA) is 20.2 Å². The van der Waals surface area contributed by atoms with Gasteiger partial charge in [-0.2, -0.15) is 0 Å². The highest BCUT2D eigenvalue weighted by Gasteiger charge is 2.06. The van der Waals surface area contributed by atoms with Crippen LogP contribution in [0.5, 0.6) is 5.75 Å². The van der Waals surface area contributed by atoms with E-state index in [2.05, 4.69) is 51.2 Å². The number of aromatic hydroxyl groups is 1. The molecule has 0 saturated heterocycles. The van der Waals surface area contributed by atoms with Crippen LogP contribution in [0.15, 0.2) is 30.4 Å². The Labute approximate surface area is 117 Å². The van der Waals surface area contributed by atoms with Gasteiger partial charge in [0, 0.05) is 5.56 Å². The summed E-state index contributed by atoms with van der Waals surface area (Å²) < 4.78 is 0. The van der Waals surface area contributed by atoms with Crippen molar-refractivity contribution in [2.75, 3.05) is 0 Å². The molecule has 0 heterocycles. The first kappa shape index (κ1) is 15.3. The van der Waals surface area contributed by atoms with Crippen LogP contribution in [0.3, 0.4) is 0 Å². The lowest BCUT2D eigenvalue weighted by Gasteiger charge is -2.09. The Hall–Kier alpha value is -1.76. The van der Waals surface area contributed by atoms with Gasteiger partial charge in [0.25, 0.3) is 0 Å². The van der Waals surface area contributed by atoms with E-state index in [0.29, 0.717) is 5.75 Å². The molecule has 0 saturated carbocycles. The molecule has 0 unspecified atom stereocenters. The Morgan fingerprint density at radius 2 is 1.32 bits per heavy atom. The fourth-order valence-electron chi connectivity index (χ4n) is 1.86. The highest BCUT2D eigenvalue weighted by molar-refractivity contribution is 5.77. The van der Waals surface area contributed by atoms with E-state index in [9.17, 15) is 5.11 Å². The average molecular weight is 256 g/mol. The molecule has 19 heavy (non-hydrogen) atoms. The lowest BCUT2D eigenvalue weighted by atomic mass is 9.98. The van der Waals surface area contributed by atoms with Gasteiger partial charge in [-0.3, -0.25) is 0 Å². The minimum atomic E-state index is 0.342. The number of hydrogen-bond acceptors (Lipinski definition) is 1. The first-order valence-corrected chi connectivity index (χ1v) is 7.10. The van der Waals surface area contributed by atoms with E-state index in [-0.39, 0.29) is 0 Å². The molecule has 0 aliphatic carbocycles. The third-order valence-corrected chi connectivity index (χ3v) is 2.87. The third kappa shape index (κ3) is 4.44. The zero-order chi connectivity index (χ0) is 14.1. The summed E-state index contributed by atoms with van der Waals surface area (Å²) in [5.74, 6) is 0.342. The fourth-order valence-corrected chi connectivity index (χ4v) is 1.86. The predicted octanol–water partition coefficient (Wildman–Crippen LogP) is 5.66. The van der Waals surface area contributed by atoms with Crippen LogP contribution in [0, 0.1) is 0 Å². The second-order valence-electron chi connectivity index (χ2n) is 4.43. The molecule has 1 N–H and O–H groups in total. The van der Waals surface area contributed by atoms with Crippen LogP contribution in [-0.4, -0.2) is 5.11 Å². The lowest BCUT2D eigenvalue weighted by Crippen LogP contribution is -1.88. The summed E-state index contributed by atoms with van der Waals surface area (Å²) in [6, 6.07) is 3.74. The van der Waals surface area contributed by atoms with Gasteiger partial charge in [0.05, 0.1) is 0 Å². The van der Waals surface area contributed by atoms with E-state index in [4.69, 9.17) is 0 Å². The van der Waals surface area contributed by atoms with Gasteiger partial charge in [0.2, 0.25) is 0 Å². The first-order chi connectivity index (χ1) is 9.24. The van der Waals surface area contributed by atoms with Crippen molar-refractivity contribution < 1.29 is 5.11 Å². The molecule has 0 fully saturated rings. The van der Waals surface area contributed by atoms with Gasteiger partial charge < -0.3 is 5.11 Å². The first-order valence-electron chi connectivity index (χ1n) is 7.10. The molecule has 1 rings (SSSR count). The van der Waals surface area contributed by atoms with Crippen LogP contribution in [0.1, 0.15) is 56.7 Å². The maximum atomic E-state index is 10.1. The van der Waals surface area contributed by atoms with Crippen LogP contribution >= 0.6 is 0 Å². The van der Waals surface area contributed by atoms with Gasteiger partial charge in [-0.15, -0.1) is 0 Å².